The number of halogens is 2. The van der Waals surface area contributed by atoms with Crippen molar-refractivity contribution in [1.82, 2.24) is 14.1 Å². The molecule has 0 aliphatic carbocycles. The number of piperazine rings is 1. The summed E-state index contributed by atoms with van der Waals surface area (Å²) in [7, 11) is -3.78. The number of hydrogen-bond acceptors (Lipinski definition) is 4. The maximum Gasteiger partial charge on any atom is 0.243 e. The molecule has 9 heteroatoms. The summed E-state index contributed by atoms with van der Waals surface area (Å²) in [5.74, 6) is -0.193. The number of amides is 1. The van der Waals surface area contributed by atoms with E-state index in [9.17, 15) is 17.6 Å². The van der Waals surface area contributed by atoms with E-state index in [2.05, 4.69) is 17.0 Å². The predicted molar refractivity (Wildman–Crippen MR) is 117 cm³/mol. The van der Waals surface area contributed by atoms with Crippen molar-refractivity contribution in [2.45, 2.75) is 17.2 Å². The minimum atomic E-state index is -3.78. The monoisotopic (exact) mass is 465 g/mol. The quantitative estimate of drug-likeness (QED) is 0.681. The van der Waals surface area contributed by atoms with Crippen molar-refractivity contribution in [1.29, 1.82) is 0 Å². The molecule has 2 saturated heterocycles. The Hall–Kier alpha value is -2.00. The molecule has 31 heavy (non-hydrogen) atoms. The zero-order valence-corrected chi connectivity index (χ0v) is 18.7. The summed E-state index contributed by atoms with van der Waals surface area (Å²) >= 11 is 5.74. The number of nitrogens with zero attached hydrogens (tertiary/aromatic N) is 3. The third-order valence-corrected chi connectivity index (χ3v) is 8.21. The van der Waals surface area contributed by atoms with Gasteiger partial charge in [-0.3, -0.25) is 9.69 Å². The molecule has 0 aromatic heterocycles. The summed E-state index contributed by atoms with van der Waals surface area (Å²) in [5.41, 5.74) is 1.30. The van der Waals surface area contributed by atoms with Crippen molar-refractivity contribution < 1.29 is 17.6 Å². The Morgan fingerprint density at radius 1 is 1.03 bits per heavy atom. The third kappa shape index (κ3) is 4.92. The van der Waals surface area contributed by atoms with Gasteiger partial charge in [0.25, 0.3) is 0 Å². The van der Waals surface area contributed by atoms with E-state index >= 15 is 0 Å². The second kappa shape index (κ2) is 9.24. The van der Waals surface area contributed by atoms with Crippen LogP contribution in [0.15, 0.2) is 53.4 Å². The molecule has 2 aromatic carbocycles. The van der Waals surface area contributed by atoms with Gasteiger partial charge in [-0.15, -0.1) is 0 Å². The van der Waals surface area contributed by atoms with Crippen LogP contribution >= 0.6 is 11.6 Å². The van der Waals surface area contributed by atoms with Crippen molar-refractivity contribution in [3.05, 3.63) is 64.9 Å². The lowest BCUT2D eigenvalue weighted by Gasteiger charge is -2.34. The molecule has 0 saturated carbocycles. The second-order valence-corrected chi connectivity index (χ2v) is 10.3. The summed E-state index contributed by atoms with van der Waals surface area (Å²) in [5, 5.41) is -0.227. The van der Waals surface area contributed by atoms with Gasteiger partial charge in [-0.05, 0) is 42.6 Å². The summed E-state index contributed by atoms with van der Waals surface area (Å²) < 4.78 is 40.3. The molecule has 0 N–H and O–H groups in total. The fourth-order valence-corrected chi connectivity index (χ4v) is 5.92. The summed E-state index contributed by atoms with van der Waals surface area (Å²) in [4.78, 5) is 16.6. The first-order valence-electron chi connectivity index (χ1n) is 10.3. The lowest BCUT2D eigenvalue weighted by Crippen LogP contribution is -2.52. The molecular formula is C22H25ClFN3O3S. The van der Waals surface area contributed by atoms with Gasteiger partial charge in [-0.2, -0.15) is 4.31 Å². The molecule has 166 valence electrons. The van der Waals surface area contributed by atoms with Gasteiger partial charge in [-0.25, -0.2) is 12.8 Å². The van der Waals surface area contributed by atoms with Crippen molar-refractivity contribution in [2.24, 2.45) is 0 Å². The Morgan fingerprint density at radius 2 is 1.74 bits per heavy atom. The number of benzene rings is 2. The van der Waals surface area contributed by atoms with Crippen LogP contribution in [0.4, 0.5) is 4.39 Å². The van der Waals surface area contributed by atoms with E-state index in [1.165, 1.54) is 15.9 Å². The average Bonchev–Trinajstić information content (AvgIpc) is 3.24. The highest BCUT2D eigenvalue weighted by atomic mass is 35.5. The SMILES string of the molecule is O=C(CN1CCC(c2ccccc2)C1)N1CCN(S(=O)(=O)c2ccc(F)c(Cl)c2)CC1. The van der Waals surface area contributed by atoms with Crippen LogP contribution in [0.3, 0.4) is 0 Å². The molecule has 2 aliphatic heterocycles. The number of carbonyl (C=O) groups excluding carboxylic acids is 1. The maximum absolute atomic E-state index is 13.4. The van der Waals surface area contributed by atoms with E-state index in [4.69, 9.17) is 11.6 Å². The van der Waals surface area contributed by atoms with Crippen LogP contribution in [0.1, 0.15) is 17.9 Å². The Labute approximate surface area is 187 Å². The zero-order valence-electron chi connectivity index (χ0n) is 17.1. The number of hydrogen-bond donors (Lipinski definition) is 0. The van der Waals surface area contributed by atoms with Gasteiger partial charge in [0, 0.05) is 32.7 Å². The molecule has 4 rings (SSSR count). The van der Waals surface area contributed by atoms with Gasteiger partial charge in [0.15, 0.2) is 0 Å². The van der Waals surface area contributed by atoms with Gasteiger partial charge in [0.2, 0.25) is 15.9 Å². The van der Waals surface area contributed by atoms with E-state index in [-0.39, 0.29) is 28.9 Å². The molecule has 2 aliphatic rings. The third-order valence-electron chi connectivity index (χ3n) is 6.02. The molecular weight excluding hydrogens is 441 g/mol. The fraction of sp³-hybridized carbons (Fsp3) is 0.409. The number of rotatable bonds is 5. The predicted octanol–water partition coefficient (Wildman–Crippen LogP) is 2.80. The summed E-state index contributed by atoms with van der Waals surface area (Å²) in [6, 6.07) is 13.7. The normalized spacial score (nSPS) is 20.8. The number of likely N-dealkylation sites (tertiary alicyclic amines) is 1. The maximum atomic E-state index is 13.4. The Balaban J connectivity index is 1.30. The second-order valence-electron chi connectivity index (χ2n) is 7.99. The zero-order chi connectivity index (χ0) is 22.0. The smallest absolute Gasteiger partial charge is 0.243 e. The molecule has 2 heterocycles. The minimum absolute atomic E-state index is 0.0237. The molecule has 1 unspecified atom stereocenters. The standard InChI is InChI=1S/C22H25ClFN3O3S/c23-20-14-19(6-7-21(20)24)31(29,30)27-12-10-26(11-13-27)22(28)16-25-9-8-18(15-25)17-4-2-1-3-5-17/h1-7,14,18H,8-13,15-16H2. The summed E-state index contributed by atoms with van der Waals surface area (Å²) in [6.07, 6.45) is 1.03. The lowest BCUT2D eigenvalue weighted by atomic mass is 9.99. The minimum Gasteiger partial charge on any atom is -0.339 e. The average molecular weight is 466 g/mol. The van der Waals surface area contributed by atoms with E-state index < -0.39 is 15.8 Å². The molecule has 0 spiro atoms. The van der Waals surface area contributed by atoms with Gasteiger partial charge >= 0.3 is 0 Å². The fourth-order valence-electron chi connectivity index (χ4n) is 4.23. The number of carbonyl (C=O) groups is 1. The van der Waals surface area contributed by atoms with E-state index in [0.717, 1.165) is 31.6 Å². The van der Waals surface area contributed by atoms with Crippen LogP contribution < -0.4 is 0 Å². The van der Waals surface area contributed by atoms with E-state index in [0.29, 0.717) is 25.6 Å². The highest BCUT2D eigenvalue weighted by Crippen LogP contribution is 2.27. The number of sulfonamides is 1. The van der Waals surface area contributed by atoms with Crippen LogP contribution in [0, 0.1) is 5.82 Å². The van der Waals surface area contributed by atoms with Gasteiger partial charge < -0.3 is 4.90 Å². The van der Waals surface area contributed by atoms with E-state index in [1.807, 2.05) is 18.2 Å². The highest BCUT2D eigenvalue weighted by Gasteiger charge is 2.32. The van der Waals surface area contributed by atoms with Crippen LogP contribution in [0.25, 0.3) is 0 Å². The van der Waals surface area contributed by atoms with Gasteiger partial charge in [-0.1, -0.05) is 41.9 Å². The lowest BCUT2D eigenvalue weighted by molar-refractivity contribution is -0.133. The molecule has 6 nitrogen and oxygen atoms in total. The molecule has 0 radical (unpaired) electrons. The van der Waals surface area contributed by atoms with Gasteiger partial charge in [0.05, 0.1) is 16.5 Å². The highest BCUT2D eigenvalue weighted by molar-refractivity contribution is 7.89. The van der Waals surface area contributed by atoms with Crippen molar-refractivity contribution in [2.75, 3.05) is 45.8 Å². The van der Waals surface area contributed by atoms with Crippen molar-refractivity contribution in [3.63, 3.8) is 0 Å². The van der Waals surface area contributed by atoms with Crippen molar-refractivity contribution >= 4 is 27.5 Å². The van der Waals surface area contributed by atoms with Crippen LogP contribution in [0.5, 0.6) is 0 Å². The topological polar surface area (TPSA) is 60.9 Å². The Bertz CT molecular complexity index is 1040. The van der Waals surface area contributed by atoms with E-state index in [1.54, 1.807) is 4.90 Å². The first kappa shape index (κ1) is 22.2. The molecule has 2 aromatic rings. The molecule has 1 atom stereocenters. The Kier molecular flexibility index (Phi) is 6.62. The van der Waals surface area contributed by atoms with Gasteiger partial charge in [0.1, 0.15) is 5.82 Å². The molecule has 1 amide bonds. The summed E-state index contributed by atoms with van der Waals surface area (Å²) in [6.45, 7) is 3.17. The largest absolute Gasteiger partial charge is 0.339 e. The van der Waals surface area contributed by atoms with Crippen LogP contribution in [0.2, 0.25) is 5.02 Å². The van der Waals surface area contributed by atoms with Crippen molar-refractivity contribution in [3.8, 4) is 0 Å². The van der Waals surface area contributed by atoms with Crippen LogP contribution in [-0.4, -0.2) is 74.2 Å². The Morgan fingerprint density at radius 3 is 2.42 bits per heavy atom. The molecule has 2 fully saturated rings. The van der Waals surface area contributed by atoms with Crippen LogP contribution in [-0.2, 0) is 14.8 Å². The first-order chi connectivity index (χ1) is 14.8. The first-order valence-corrected chi connectivity index (χ1v) is 12.2. The molecule has 0 bridgehead atoms.